The molecule has 0 aliphatic heterocycles. The second kappa shape index (κ2) is 17.8. The van der Waals surface area contributed by atoms with Crippen molar-refractivity contribution in [3.63, 3.8) is 0 Å². The Labute approximate surface area is 174 Å². The summed E-state index contributed by atoms with van der Waals surface area (Å²) in [5.41, 5.74) is 6.40. The molecule has 0 atom stereocenters. The summed E-state index contributed by atoms with van der Waals surface area (Å²) in [5.74, 6) is -0.745. The molecule has 0 aliphatic rings. The molecule has 10 nitrogen and oxygen atoms in total. The van der Waals surface area contributed by atoms with Gasteiger partial charge in [0.2, 0.25) is 5.91 Å². The number of hydrogen-bond acceptors (Lipinski definition) is 8. The minimum absolute atomic E-state index is 0.0704. The highest BCUT2D eigenvalue weighted by molar-refractivity contribution is 7.85. The van der Waals surface area contributed by atoms with Crippen molar-refractivity contribution < 1.29 is 36.7 Å². The van der Waals surface area contributed by atoms with Crippen LogP contribution in [0.5, 0.6) is 0 Å². The van der Waals surface area contributed by atoms with Crippen LogP contribution in [0.1, 0.15) is 19.8 Å². The van der Waals surface area contributed by atoms with Crippen LogP contribution in [-0.4, -0.2) is 102 Å². The fourth-order valence-corrected chi connectivity index (χ4v) is 2.54. The second-order valence-electron chi connectivity index (χ2n) is 6.41. The number of amides is 1. The second-order valence-corrected chi connectivity index (χ2v) is 7.98. The highest BCUT2D eigenvalue weighted by atomic mass is 32.2. The van der Waals surface area contributed by atoms with Gasteiger partial charge in [0.15, 0.2) is 0 Å². The maximum Gasteiger partial charge on any atom is 0.266 e. The zero-order valence-corrected chi connectivity index (χ0v) is 18.2. The SMILES string of the molecule is C=C(C)COCCOCCOCCOCCC(=O)N(CCCN)CCS(=O)(=O)O. The van der Waals surface area contributed by atoms with E-state index in [0.717, 1.165) is 5.57 Å². The maximum atomic E-state index is 12.2. The number of nitrogens with zero attached hydrogens (tertiary/aromatic N) is 1. The highest BCUT2D eigenvalue weighted by Crippen LogP contribution is 1.99. The zero-order chi connectivity index (χ0) is 22.0. The van der Waals surface area contributed by atoms with Gasteiger partial charge in [0.25, 0.3) is 10.1 Å². The van der Waals surface area contributed by atoms with Gasteiger partial charge in [-0.25, -0.2) is 0 Å². The Hall–Kier alpha value is -1.08. The van der Waals surface area contributed by atoms with Gasteiger partial charge in [-0.3, -0.25) is 9.35 Å². The smallest absolute Gasteiger partial charge is 0.266 e. The summed E-state index contributed by atoms with van der Waals surface area (Å²) in [6.07, 6.45) is 0.664. The largest absolute Gasteiger partial charge is 0.379 e. The van der Waals surface area contributed by atoms with Gasteiger partial charge in [0.1, 0.15) is 0 Å². The van der Waals surface area contributed by atoms with E-state index in [1.165, 1.54) is 4.90 Å². The van der Waals surface area contributed by atoms with Gasteiger partial charge >= 0.3 is 0 Å². The van der Waals surface area contributed by atoms with Gasteiger partial charge in [-0.15, -0.1) is 0 Å². The monoisotopic (exact) mass is 440 g/mol. The average Bonchev–Trinajstić information content (AvgIpc) is 2.64. The van der Waals surface area contributed by atoms with E-state index in [1.807, 2.05) is 6.92 Å². The van der Waals surface area contributed by atoms with Crippen molar-refractivity contribution in [2.45, 2.75) is 19.8 Å². The number of ether oxygens (including phenoxy) is 4. The molecule has 0 radical (unpaired) electrons. The van der Waals surface area contributed by atoms with Crippen molar-refractivity contribution in [3.8, 4) is 0 Å². The van der Waals surface area contributed by atoms with Crippen molar-refractivity contribution in [2.24, 2.45) is 5.73 Å². The molecule has 0 fully saturated rings. The van der Waals surface area contributed by atoms with Crippen LogP contribution in [0.15, 0.2) is 12.2 Å². The summed E-state index contributed by atoms with van der Waals surface area (Å²) < 4.78 is 51.9. The Bertz CT molecular complexity index is 542. The molecule has 29 heavy (non-hydrogen) atoms. The Morgan fingerprint density at radius 1 is 0.966 bits per heavy atom. The van der Waals surface area contributed by atoms with Crippen molar-refractivity contribution >= 4 is 16.0 Å². The molecular formula is C18H36N2O8S. The van der Waals surface area contributed by atoms with Crippen LogP contribution >= 0.6 is 0 Å². The van der Waals surface area contributed by atoms with Crippen LogP contribution in [0.25, 0.3) is 0 Å². The summed E-state index contributed by atoms with van der Waals surface area (Å²) in [5, 5.41) is 0. The third kappa shape index (κ3) is 20.0. The lowest BCUT2D eigenvalue weighted by Crippen LogP contribution is -2.37. The van der Waals surface area contributed by atoms with E-state index in [-0.39, 0.29) is 25.5 Å². The third-order valence-electron chi connectivity index (χ3n) is 3.53. The van der Waals surface area contributed by atoms with Crippen LogP contribution in [-0.2, 0) is 33.9 Å². The fourth-order valence-electron chi connectivity index (χ4n) is 2.09. The van der Waals surface area contributed by atoms with Gasteiger partial charge in [0.05, 0.1) is 65.0 Å². The molecule has 0 rings (SSSR count). The molecule has 0 unspecified atom stereocenters. The number of nitrogens with two attached hydrogens (primary N) is 1. The number of carbonyl (C=O) groups excluding carboxylic acids is 1. The number of carbonyl (C=O) groups is 1. The molecule has 0 aliphatic carbocycles. The number of rotatable bonds is 20. The molecule has 0 heterocycles. The quantitative estimate of drug-likeness (QED) is 0.153. The molecule has 3 N–H and O–H groups in total. The molecule has 0 saturated carbocycles. The Kier molecular flexibility index (Phi) is 17.1. The zero-order valence-electron chi connectivity index (χ0n) is 17.3. The van der Waals surface area contributed by atoms with Gasteiger partial charge in [0, 0.05) is 13.1 Å². The summed E-state index contributed by atoms with van der Waals surface area (Å²) in [4.78, 5) is 13.5. The van der Waals surface area contributed by atoms with Crippen molar-refractivity contribution in [3.05, 3.63) is 12.2 Å². The molecule has 0 aromatic carbocycles. The van der Waals surface area contributed by atoms with Crippen LogP contribution in [0, 0.1) is 0 Å². The van der Waals surface area contributed by atoms with E-state index in [0.29, 0.717) is 65.8 Å². The van der Waals surface area contributed by atoms with Gasteiger partial charge in [-0.2, -0.15) is 8.42 Å². The molecule has 11 heteroatoms. The standard InChI is InChI=1S/C18H36N2O8S/c1-17(2)16-28-14-13-27-12-11-26-10-9-25-8-4-18(21)20(6-3-5-19)7-15-29(22,23)24/h1,3-16,19H2,2H3,(H,22,23,24). The third-order valence-corrected chi connectivity index (χ3v) is 4.23. The van der Waals surface area contributed by atoms with E-state index in [9.17, 15) is 13.2 Å². The summed E-state index contributed by atoms with van der Waals surface area (Å²) >= 11 is 0. The number of hydrogen-bond donors (Lipinski definition) is 2. The van der Waals surface area contributed by atoms with Crippen molar-refractivity contribution in [2.75, 3.05) is 78.2 Å². The predicted molar refractivity (Wildman–Crippen MR) is 109 cm³/mol. The molecule has 172 valence electrons. The summed E-state index contributed by atoms with van der Waals surface area (Å²) in [7, 11) is -4.12. The summed E-state index contributed by atoms with van der Waals surface area (Å²) in [6, 6.07) is 0. The lowest BCUT2D eigenvalue weighted by atomic mass is 10.3. The van der Waals surface area contributed by atoms with Gasteiger partial charge in [-0.05, 0) is 19.9 Å². The first-order valence-corrected chi connectivity index (χ1v) is 11.3. The first kappa shape index (κ1) is 27.9. The normalized spacial score (nSPS) is 11.6. The molecule has 0 spiro atoms. The topological polar surface area (TPSA) is 138 Å². The minimum atomic E-state index is -4.12. The van der Waals surface area contributed by atoms with E-state index < -0.39 is 15.9 Å². The van der Waals surface area contributed by atoms with Gasteiger partial charge in [-0.1, -0.05) is 12.2 Å². The molecule has 0 aromatic rings. The minimum Gasteiger partial charge on any atom is -0.379 e. The maximum absolute atomic E-state index is 12.2. The predicted octanol–water partition coefficient (Wildman–Crippen LogP) is 0.0842. The van der Waals surface area contributed by atoms with E-state index in [1.54, 1.807) is 0 Å². The Morgan fingerprint density at radius 3 is 1.97 bits per heavy atom. The highest BCUT2D eigenvalue weighted by Gasteiger charge is 2.16. The lowest BCUT2D eigenvalue weighted by Gasteiger charge is -2.22. The molecule has 0 bridgehead atoms. The summed E-state index contributed by atoms with van der Waals surface area (Å²) in [6.45, 7) is 9.63. The van der Waals surface area contributed by atoms with E-state index in [2.05, 4.69) is 6.58 Å². The molecule has 0 aromatic heterocycles. The average molecular weight is 441 g/mol. The van der Waals surface area contributed by atoms with Crippen LogP contribution in [0.4, 0.5) is 0 Å². The van der Waals surface area contributed by atoms with Crippen molar-refractivity contribution in [1.29, 1.82) is 0 Å². The first-order chi connectivity index (χ1) is 13.8. The van der Waals surface area contributed by atoms with Crippen LogP contribution < -0.4 is 5.73 Å². The Balaban J connectivity index is 3.68. The molecule has 0 saturated heterocycles. The lowest BCUT2D eigenvalue weighted by molar-refractivity contribution is -0.132. The van der Waals surface area contributed by atoms with Crippen LogP contribution in [0.2, 0.25) is 0 Å². The van der Waals surface area contributed by atoms with Crippen LogP contribution in [0.3, 0.4) is 0 Å². The van der Waals surface area contributed by atoms with Gasteiger partial charge < -0.3 is 29.6 Å². The molecule has 1 amide bonds. The Morgan fingerprint density at radius 2 is 1.48 bits per heavy atom. The molecular weight excluding hydrogens is 404 g/mol. The van der Waals surface area contributed by atoms with E-state index >= 15 is 0 Å². The fraction of sp³-hybridized carbons (Fsp3) is 0.833. The van der Waals surface area contributed by atoms with Crippen molar-refractivity contribution in [1.82, 2.24) is 4.90 Å². The first-order valence-electron chi connectivity index (χ1n) is 9.64. The van der Waals surface area contributed by atoms with E-state index in [4.69, 9.17) is 29.2 Å².